The largest absolute Gasteiger partial charge is 0.339 e. The van der Waals surface area contributed by atoms with E-state index in [-0.39, 0.29) is 12.5 Å². The van der Waals surface area contributed by atoms with Gasteiger partial charge in [-0.2, -0.15) is 0 Å². The number of carbonyl (C=O) groups is 1. The second-order valence-corrected chi connectivity index (χ2v) is 3.11. The molecule has 18 heavy (non-hydrogen) atoms. The number of benzene rings is 1. The lowest BCUT2D eigenvalue weighted by molar-refractivity contribution is -0.253. The Labute approximate surface area is 104 Å². The average Bonchev–Trinajstić information content (AvgIpc) is 2.38. The fourth-order valence-corrected chi connectivity index (χ4v) is 1.10. The van der Waals surface area contributed by atoms with E-state index in [1.165, 1.54) is 0 Å². The third-order valence-corrected chi connectivity index (χ3v) is 1.87. The molecule has 0 bridgehead atoms. The van der Waals surface area contributed by atoms with Crippen LogP contribution in [0.3, 0.4) is 0 Å². The minimum absolute atomic E-state index is 0.123. The molecule has 0 aliphatic carbocycles. The van der Waals surface area contributed by atoms with E-state index in [9.17, 15) is 4.79 Å². The highest BCUT2D eigenvalue weighted by Gasteiger charge is 2.03. The Morgan fingerprint density at radius 3 is 2.44 bits per heavy atom. The highest BCUT2D eigenvalue weighted by atomic mass is 17.1. The summed E-state index contributed by atoms with van der Waals surface area (Å²) >= 11 is 0. The minimum atomic E-state index is -0.138. The lowest BCUT2D eigenvalue weighted by Crippen LogP contribution is -2.31. The first-order chi connectivity index (χ1) is 8.69. The molecule has 0 radical (unpaired) electrons. The first-order valence-electron chi connectivity index (χ1n) is 5.01. The van der Waals surface area contributed by atoms with Crippen molar-refractivity contribution in [1.29, 1.82) is 5.41 Å². The van der Waals surface area contributed by atoms with E-state index < -0.39 is 0 Å². The topological polar surface area (TPSA) is 112 Å². The summed E-state index contributed by atoms with van der Waals surface area (Å²) in [6.07, 6.45) is 0.750. The molecule has 0 unspecified atom stereocenters. The Bertz CT molecular complexity index is 386. The second kappa shape index (κ2) is 10.1. The van der Waals surface area contributed by atoms with Crippen LogP contribution in [-0.4, -0.2) is 31.0 Å². The van der Waals surface area contributed by atoms with E-state index in [1.807, 2.05) is 0 Å². The van der Waals surface area contributed by atoms with Crippen LogP contribution in [0.2, 0.25) is 0 Å². The van der Waals surface area contributed by atoms with Crippen molar-refractivity contribution in [3.05, 3.63) is 35.4 Å². The zero-order valence-electron chi connectivity index (χ0n) is 9.90. The number of rotatable bonds is 5. The van der Waals surface area contributed by atoms with Gasteiger partial charge in [-0.15, -0.1) is 0 Å². The van der Waals surface area contributed by atoms with Crippen LogP contribution in [0.25, 0.3) is 0 Å². The van der Waals surface area contributed by atoms with Crippen molar-refractivity contribution in [1.82, 2.24) is 10.6 Å². The molecule has 0 spiro atoms. The third-order valence-electron chi connectivity index (χ3n) is 1.87. The Hall–Kier alpha value is -2.05. The van der Waals surface area contributed by atoms with E-state index >= 15 is 0 Å². The molecule has 0 aromatic heterocycles. The van der Waals surface area contributed by atoms with Crippen LogP contribution in [0.5, 0.6) is 0 Å². The predicted molar refractivity (Wildman–Crippen MR) is 63.7 cm³/mol. The Balaban J connectivity index is 0.000000873. The molecule has 7 heteroatoms. The lowest BCUT2D eigenvalue weighted by atomic mass is 10.1. The normalized spacial score (nSPS) is 8.78. The van der Waals surface area contributed by atoms with Gasteiger partial charge in [0.1, 0.15) is 6.61 Å². The maximum Gasteiger partial charge on any atom is 0.252 e. The molecular weight excluding hydrogens is 238 g/mol. The molecule has 7 nitrogen and oxygen atoms in total. The maximum absolute atomic E-state index is 11.4. The van der Waals surface area contributed by atoms with Gasteiger partial charge in [0, 0.05) is 5.56 Å². The second-order valence-electron chi connectivity index (χ2n) is 3.11. The summed E-state index contributed by atoms with van der Waals surface area (Å²) in [5.74, 6) is -0.138. The zero-order valence-corrected chi connectivity index (χ0v) is 9.90. The van der Waals surface area contributed by atoms with Crippen LogP contribution in [0.4, 0.5) is 0 Å². The van der Waals surface area contributed by atoms with E-state index in [0.29, 0.717) is 12.2 Å². The van der Waals surface area contributed by atoms with Gasteiger partial charge in [0.05, 0.1) is 6.67 Å². The van der Waals surface area contributed by atoms with E-state index in [2.05, 4.69) is 15.5 Å². The Morgan fingerprint density at radius 2 is 2.00 bits per heavy atom. The number of hydrogen-bond acceptors (Lipinski definition) is 6. The van der Waals surface area contributed by atoms with Crippen molar-refractivity contribution in [3.8, 4) is 0 Å². The highest BCUT2D eigenvalue weighted by molar-refractivity contribution is 5.94. The van der Waals surface area contributed by atoms with Crippen molar-refractivity contribution in [2.24, 2.45) is 0 Å². The van der Waals surface area contributed by atoms with Crippen molar-refractivity contribution >= 4 is 12.0 Å². The molecule has 1 aromatic rings. The van der Waals surface area contributed by atoms with Gasteiger partial charge in [-0.05, 0) is 24.7 Å². The Kier molecular flexibility index (Phi) is 8.97. The monoisotopic (exact) mass is 253 g/mol. The van der Waals surface area contributed by atoms with Crippen molar-refractivity contribution in [3.63, 3.8) is 0 Å². The molecule has 1 rings (SSSR count). The summed E-state index contributed by atoms with van der Waals surface area (Å²) in [5.41, 5.74) is 1.38. The summed E-state index contributed by atoms with van der Waals surface area (Å²) < 4.78 is 0. The fourth-order valence-electron chi connectivity index (χ4n) is 1.10. The molecule has 0 aliphatic heterocycles. The molecule has 0 saturated heterocycles. The van der Waals surface area contributed by atoms with Crippen molar-refractivity contribution in [2.45, 2.75) is 6.61 Å². The number of hydrogen-bond donors (Lipinski definition) is 4. The summed E-state index contributed by atoms with van der Waals surface area (Å²) in [4.78, 5) is 23.8. The van der Waals surface area contributed by atoms with Crippen LogP contribution in [0.1, 0.15) is 15.9 Å². The SMILES string of the molecule is CNCNC(=O)c1ccc(COO)cc1.N=C=O. The first kappa shape index (κ1) is 16.0. The van der Waals surface area contributed by atoms with Crippen LogP contribution >= 0.6 is 0 Å². The highest BCUT2D eigenvalue weighted by Crippen LogP contribution is 2.05. The molecule has 0 saturated carbocycles. The van der Waals surface area contributed by atoms with Crippen molar-refractivity contribution in [2.75, 3.05) is 13.7 Å². The average molecular weight is 253 g/mol. The molecule has 0 aliphatic rings. The maximum atomic E-state index is 11.4. The third kappa shape index (κ3) is 6.51. The molecule has 4 N–H and O–H groups in total. The van der Waals surface area contributed by atoms with Gasteiger partial charge >= 0.3 is 0 Å². The molecule has 0 atom stereocenters. The molecular formula is C11H15N3O4. The molecule has 0 fully saturated rings. The molecule has 0 heterocycles. The predicted octanol–water partition coefficient (Wildman–Crippen LogP) is 0.484. The smallest absolute Gasteiger partial charge is 0.252 e. The van der Waals surface area contributed by atoms with E-state index in [1.54, 1.807) is 31.3 Å². The first-order valence-corrected chi connectivity index (χ1v) is 5.01. The van der Waals surface area contributed by atoms with Gasteiger partial charge in [0.15, 0.2) is 0 Å². The fraction of sp³-hybridized carbons (Fsp3) is 0.273. The van der Waals surface area contributed by atoms with Gasteiger partial charge < -0.3 is 10.6 Å². The number of amides is 1. The van der Waals surface area contributed by atoms with Gasteiger partial charge in [-0.3, -0.25) is 10.1 Å². The molecule has 1 aromatic carbocycles. The van der Waals surface area contributed by atoms with Gasteiger partial charge in [-0.25, -0.2) is 15.1 Å². The van der Waals surface area contributed by atoms with Crippen LogP contribution in [-0.2, 0) is 16.3 Å². The molecule has 1 amide bonds. The number of carbonyl (C=O) groups excluding carboxylic acids is 2. The van der Waals surface area contributed by atoms with E-state index in [0.717, 1.165) is 11.6 Å². The minimum Gasteiger partial charge on any atom is -0.339 e. The summed E-state index contributed by atoms with van der Waals surface area (Å²) in [7, 11) is 1.75. The van der Waals surface area contributed by atoms with E-state index in [4.69, 9.17) is 15.5 Å². The van der Waals surface area contributed by atoms with Gasteiger partial charge in [-0.1, -0.05) is 12.1 Å². The number of isocyanates is 1. The quantitative estimate of drug-likeness (QED) is 0.200. The van der Waals surface area contributed by atoms with Crippen LogP contribution in [0.15, 0.2) is 24.3 Å². The number of nitrogens with one attached hydrogen (secondary N) is 3. The standard InChI is InChI=1S/C10H14N2O3.CHNO/c1-11-7-12-10(13)9-4-2-8(3-5-9)6-15-14;2-1-3/h2-5,11,14H,6-7H2,1H3,(H,12,13);2H. The summed E-state index contributed by atoms with van der Waals surface area (Å²) in [6, 6.07) is 6.81. The van der Waals surface area contributed by atoms with Crippen LogP contribution in [0, 0.1) is 5.41 Å². The lowest BCUT2D eigenvalue weighted by Gasteiger charge is -2.04. The zero-order chi connectivity index (χ0) is 13.8. The Morgan fingerprint density at radius 1 is 1.44 bits per heavy atom. The van der Waals surface area contributed by atoms with Crippen molar-refractivity contribution < 1.29 is 19.7 Å². The molecule has 98 valence electrons. The van der Waals surface area contributed by atoms with Gasteiger partial charge in [0.25, 0.3) is 5.91 Å². The van der Waals surface area contributed by atoms with Crippen LogP contribution < -0.4 is 10.6 Å². The summed E-state index contributed by atoms with van der Waals surface area (Å²) in [6.45, 7) is 0.554. The van der Waals surface area contributed by atoms with Gasteiger partial charge in [0.2, 0.25) is 6.08 Å². The summed E-state index contributed by atoms with van der Waals surface area (Å²) in [5, 5.41) is 19.1.